The zero-order valence-corrected chi connectivity index (χ0v) is 8.51. The molecule has 0 atom stereocenters. The van der Waals surface area contributed by atoms with Crippen molar-refractivity contribution in [2.45, 2.75) is 12.8 Å². The van der Waals surface area contributed by atoms with Crippen LogP contribution in [-0.4, -0.2) is 20.2 Å². The highest BCUT2D eigenvalue weighted by Crippen LogP contribution is 2.18. The molecule has 0 spiro atoms. The minimum Gasteiger partial charge on any atom is -0.195 e. The molecule has 0 amide bonds. The van der Waals surface area contributed by atoms with Gasteiger partial charge in [-0.1, -0.05) is 0 Å². The van der Waals surface area contributed by atoms with Crippen LogP contribution in [0.3, 0.4) is 0 Å². The second kappa shape index (κ2) is 3.43. The molecule has 2 rings (SSSR count). The van der Waals surface area contributed by atoms with E-state index >= 15 is 0 Å². The lowest BCUT2D eigenvalue weighted by Gasteiger charge is -1.99. The van der Waals surface area contributed by atoms with Gasteiger partial charge in [-0.3, -0.25) is 0 Å². The zero-order valence-electron chi connectivity index (χ0n) is 6.94. The molecule has 0 saturated heterocycles. The summed E-state index contributed by atoms with van der Waals surface area (Å²) in [6.07, 6.45) is 0. The maximum Gasteiger partial charge on any atom is 0.171 e. The van der Waals surface area contributed by atoms with Crippen molar-refractivity contribution in [2.75, 3.05) is 0 Å². The summed E-state index contributed by atoms with van der Waals surface area (Å²) in [6, 6.07) is 0. The number of thiophene rings is 1. The number of alkyl halides is 1. The highest BCUT2D eigenvalue weighted by atomic mass is 35.5. The van der Waals surface area contributed by atoms with Gasteiger partial charge in [-0.2, -0.15) is 4.68 Å². The number of nitrogens with zero attached hydrogens (tertiary/aromatic N) is 4. The number of rotatable bonds is 2. The fourth-order valence-corrected chi connectivity index (χ4v) is 2.02. The summed E-state index contributed by atoms with van der Waals surface area (Å²) >= 11 is 7.31. The minimum absolute atomic E-state index is 0.322. The van der Waals surface area contributed by atoms with Crippen molar-refractivity contribution >= 4 is 22.9 Å². The van der Waals surface area contributed by atoms with Crippen molar-refractivity contribution in [3.05, 3.63) is 22.1 Å². The van der Waals surface area contributed by atoms with E-state index in [0.29, 0.717) is 11.7 Å². The predicted octanol–water partition coefficient (Wildman–Crippen LogP) is 1.77. The van der Waals surface area contributed by atoms with Crippen LogP contribution in [0.25, 0.3) is 5.69 Å². The maximum atomic E-state index is 5.68. The lowest BCUT2D eigenvalue weighted by atomic mass is 10.3. The average molecular weight is 215 g/mol. The molecule has 0 unspecified atom stereocenters. The van der Waals surface area contributed by atoms with Gasteiger partial charge in [-0.25, -0.2) is 0 Å². The van der Waals surface area contributed by atoms with Crippen LogP contribution in [0.4, 0.5) is 0 Å². The van der Waals surface area contributed by atoms with Crippen LogP contribution in [-0.2, 0) is 5.88 Å². The molecule has 0 aliphatic carbocycles. The third-order valence-electron chi connectivity index (χ3n) is 1.71. The second-order valence-corrected chi connectivity index (χ2v) is 3.59. The van der Waals surface area contributed by atoms with Crippen molar-refractivity contribution in [3.63, 3.8) is 0 Å². The molecule has 4 nitrogen and oxygen atoms in total. The molecule has 0 radical (unpaired) electrons. The molecule has 0 aromatic carbocycles. The van der Waals surface area contributed by atoms with Gasteiger partial charge >= 0.3 is 0 Å². The smallest absolute Gasteiger partial charge is 0.171 e. The minimum atomic E-state index is 0.322. The molecular formula is C7H7ClN4S. The topological polar surface area (TPSA) is 43.6 Å². The maximum absolute atomic E-state index is 5.68. The Morgan fingerprint density at radius 1 is 1.54 bits per heavy atom. The number of halogens is 1. The summed E-state index contributed by atoms with van der Waals surface area (Å²) in [6.45, 7) is 2.02. The number of hydrogen-bond donors (Lipinski definition) is 0. The first-order chi connectivity index (χ1) is 6.33. The number of tetrazole rings is 1. The lowest BCUT2D eigenvalue weighted by Crippen LogP contribution is -2.01. The average Bonchev–Trinajstić information content (AvgIpc) is 2.71. The standard InChI is InChI=1S/C7H7ClN4S/c1-5-3-13-4-6(5)12-7(2-8)9-10-11-12/h3-4H,2H2,1H3. The quantitative estimate of drug-likeness (QED) is 0.716. The van der Waals surface area contributed by atoms with Gasteiger partial charge in [0.05, 0.1) is 11.6 Å². The Kier molecular flexibility index (Phi) is 2.28. The molecule has 0 fully saturated rings. The number of hydrogen-bond acceptors (Lipinski definition) is 4. The zero-order chi connectivity index (χ0) is 9.26. The fourth-order valence-electron chi connectivity index (χ4n) is 1.05. The van der Waals surface area contributed by atoms with Crippen LogP contribution in [0.15, 0.2) is 10.8 Å². The molecule has 0 bridgehead atoms. The molecule has 0 aliphatic heterocycles. The summed E-state index contributed by atoms with van der Waals surface area (Å²) < 4.78 is 1.67. The predicted molar refractivity (Wildman–Crippen MR) is 51.3 cm³/mol. The summed E-state index contributed by atoms with van der Waals surface area (Å²) in [5.41, 5.74) is 2.16. The molecule has 2 heterocycles. The molecule has 2 aromatic heterocycles. The van der Waals surface area contributed by atoms with Gasteiger partial charge in [-0.15, -0.1) is 28.0 Å². The lowest BCUT2D eigenvalue weighted by molar-refractivity contribution is 0.775. The van der Waals surface area contributed by atoms with Crippen molar-refractivity contribution in [2.24, 2.45) is 0 Å². The van der Waals surface area contributed by atoms with E-state index in [9.17, 15) is 0 Å². The largest absolute Gasteiger partial charge is 0.195 e. The molecule has 13 heavy (non-hydrogen) atoms. The van der Waals surface area contributed by atoms with Crippen LogP contribution in [0, 0.1) is 6.92 Å². The molecule has 0 N–H and O–H groups in total. The summed E-state index contributed by atoms with van der Waals surface area (Å²) in [5, 5.41) is 15.3. The van der Waals surface area contributed by atoms with Gasteiger partial charge in [0.1, 0.15) is 0 Å². The van der Waals surface area contributed by atoms with E-state index in [1.165, 1.54) is 0 Å². The van der Waals surface area contributed by atoms with E-state index < -0.39 is 0 Å². The third kappa shape index (κ3) is 1.45. The molecule has 0 saturated carbocycles. The van der Waals surface area contributed by atoms with E-state index in [0.717, 1.165) is 11.3 Å². The van der Waals surface area contributed by atoms with Crippen LogP contribution in [0.5, 0.6) is 0 Å². The van der Waals surface area contributed by atoms with Gasteiger partial charge < -0.3 is 0 Å². The monoisotopic (exact) mass is 214 g/mol. The normalized spacial score (nSPS) is 10.6. The Morgan fingerprint density at radius 3 is 3.00 bits per heavy atom. The number of aromatic nitrogens is 4. The van der Waals surface area contributed by atoms with Crippen molar-refractivity contribution < 1.29 is 0 Å². The van der Waals surface area contributed by atoms with E-state index in [4.69, 9.17) is 11.6 Å². The van der Waals surface area contributed by atoms with Crippen LogP contribution >= 0.6 is 22.9 Å². The highest BCUT2D eigenvalue weighted by molar-refractivity contribution is 7.08. The van der Waals surface area contributed by atoms with Crippen molar-refractivity contribution in [3.8, 4) is 5.69 Å². The Bertz CT molecular complexity index is 408. The number of aryl methyl sites for hydroxylation is 1. The van der Waals surface area contributed by atoms with Crippen LogP contribution in [0.1, 0.15) is 11.4 Å². The Labute approximate surface area is 84.1 Å². The van der Waals surface area contributed by atoms with Crippen LogP contribution < -0.4 is 0 Å². The van der Waals surface area contributed by atoms with Crippen molar-refractivity contribution in [1.29, 1.82) is 0 Å². The molecule has 0 aliphatic rings. The fraction of sp³-hybridized carbons (Fsp3) is 0.286. The van der Waals surface area contributed by atoms with Gasteiger partial charge in [0, 0.05) is 5.38 Å². The second-order valence-electron chi connectivity index (χ2n) is 2.58. The van der Waals surface area contributed by atoms with E-state index in [1.54, 1.807) is 16.0 Å². The van der Waals surface area contributed by atoms with Gasteiger partial charge in [0.2, 0.25) is 0 Å². The first kappa shape index (κ1) is 8.65. The molecular weight excluding hydrogens is 208 g/mol. The molecule has 68 valence electrons. The SMILES string of the molecule is Cc1cscc1-n1nnnc1CCl. The Morgan fingerprint density at radius 2 is 2.38 bits per heavy atom. The molecule has 2 aromatic rings. The molecule has 6 heteroatoms. The third-order valence-corrected chi connectivity index (χ3v) is 2.80. The first-order valence-corrected chi connectivity index (χ1v) is 5.17. The van der Waals surface area contributed by atoms with Crippen molar-refractivity contribution in [1.82, 2.24) is 20.2 Å². The highest BCUT2D eigenvalue weighted by Gasteiger charge is 2.09. The van der Waals surface area contributed by atoms with E-state index in [1.807, 2.05) is 12.3 Å². The summed E-state index contributed by atoms with van der Waals surface area (Å²) in [4.78, 5) is 0. The Balaban J connectivity index is 2.52. The van der Waals surface area contributed by atoms with Crippen LogP contribution in [0.2, 0.25) is 0 Å². The van der Waals surface area contributed by atoms with Gasteiger partial charge in [0.15, 0.2) is 5.82 Å². The van der Waals surface area contributed by atoms with Gasteiger partial charge in [0.25, 0.3) is 0 Å². The summed E-state index contributed by atoms with van der Waals surface area (Å²) in [7, 11) is 0. The van der Waals surface area contributed by atoms with Gasteiger partial charge in [-0.05, 0) is 28.3 Å². The summed E-state index contributed by atoms with van der Waals surface area (Å²) in [5.74, 6) is 0.991. The Hall–Kier alpha value is -0.940. The first-order valence-electron chi connectivity index (χ1n) is 3.69. The van der Waals surface area contributed by atoms with E-state index in [-0.39, 0.29) is 0 Å². The van der Waals surface area contributed by atoms with E-state index in [2.05, 4.69) is 20.9 Å².